The van der Waals surface area contributed by atoms with Gasteiger partial charge in [-0.2, -0.15) is 0 Å². The number of aliphatic hydroxyl groups is 1. The molecule has 0 spiro atoms. The quantitative estimate of drug-likeness (QED) is 0.704. The first-order valence-electron chi connectivity index (χ1n) is 5.56. The molecule has 0 saturated heterocycles. The Morgan fingerprint density at radius 3 is 2.41 bits per heavy atom. The molecule has 3 nitrogen and oxygen atoms in total. The van der Waals surface area contributed by atoms with Gasteiger partial charge in [0.25, 0.3) is 0 Å². The molecule has 3 heteroatoms. The lowest BCUT2D eigenvalue weighted by Gasteiger charge is -2.07. The number of hydrogen-bond acceptors (Lipinski definition) is 3. The van der Waals surface area contributed by atoms with Gasteiger partial charge in [0, 0.05) is 17.9 Å². The van der Waals surface area contributed by atoms with E-state index >= 15 is 0 Å². The van der Waals surface area contributed by atoms with Crippen LogP contribution in [-0.2, 0) is 13.2 Å². The van der Waals surface area contributed by atoms with E-state index in [-0.39, 0.29) is 6.61 Å². The number of anilines is 2. The third kappa shape index (κ3) is 3.23. The fourth-order valence-electron chi connectivity index (χ4n) is 1.64. The lowest BCUT2D eigenvalue weighted by atomic mass is 10.2. The molecule has 0 aliphatic carbocycles. The highest BCUT2D eigenvalue weighted by Crippen LogP contribution is 2.12. The first-order chi connectivity index (χ1) is 8.28. The van der Waals surface area contributed by atoms with Crippen LogP contribution in [0.4, 0.5) is 11.4 Å². The summed E-state index contributed by atoms with van der Waals surface area (Å²) in [7, 11) is 0. The van der Waals surface area contributed by atoms with Crippen LogP contribution in [0.2, 0.25) is 0 Å². The van der Waals surface area contributed by atoms with Crippen LogP contribution in [0.25, 0.3) is 0 Å². The van der Waals surface area contributed by atoms with Gasteiger partial charge in [-0.3, -0.25) is 0 Å². The summed E-state index contributed by atoms with van der Waals surface area (Å²) >= 11 is 0. The number of benzene rings is 2. The summed E-state index contributed by atoms with van der Waals surface area (Å²) in [6.45, 7) is 0.818. The fraction of sp³-hybridized carbons (Fsp3) is 0.143. The highest BCUT2D eigenvalue weighted by molar-refractivity contribution is 5.46. The molecule has 0 aliphatic rings. The second-order valence-corrected chi connectivity index (χ2v) is 3.95. The average Bonchev–Trinajstić information content (AvgIpc) is 2.37. The largest absolute Gasteiger partial charge is 0.399 e. The van der Waals surface area contributed by atoms with Crippen LogP contribution in [0.5, 0.6) is 0 Å². The molecule has 0 saturated carbocycles. The topological polar surface area (TPSA) is 58.3 Å². The van der Waals surface area contributed by atoms with Gasteiger partial charge < -0.3 is 16.2 Å². The molecule has 0 radical (unpaired) electrons. The maximum Gasteiger partial charge on any atom is 0.0681 e. The molecule has 0 bridgehead atoms. The van der Waals surface area contributed by atoms with Gasteiger partial charge in [-0.1, -0.05) is 24.3 Å². The fourth-order valence-corrected chi connectivity index (χ4v) is 1.64. The second kappa shape index (κ2) is 5.37. The number of nitrogens with one attached hydrogen (secondary N) is 1. The lowest BCUT2D eigenvalue weighted by molar-refractivity contribution is 0.282. The summed E-state index contributed by atoms with van der Waals surface area (Å²) in [5.41, 5.74) is 9.59. The van der Waals surface area contributed by atoms with Gasteiger partial charge in [0.1, 0.15) is 0 Å². The molecule has 0 aliphatic heterocycles. The first kappa shape index (κ1) is 11.5. The molecule has 0 unspecified atom stereocenters. The van der Waals surface area contributed by atoms with E-state index in [0.29, 0.717) is 0 Å². The van der Waals surface area contributed by atoms with E-state index in [9.17, 15) is 0 Å². The Hall–Kier alpha value is -2.00. The predicted molar refractivity (Wildman–Crippen MR) is 70.5 cm³/mol. The van der Waals surface area contributed by atoms with Crippen LogP contribution in [0.1, 0.15) is 11.1 Å². The van der Waals surface area contributed by atoms with Crippen LogP contribution < -0.4 is 11.1 Å². The van der Waals surface area contributed by atoms with Crippen molar-refractivity contribution in [1.82, 2.24) is 0 Å². The van der Waals surface area contributed by atoms with E-state index in [1.165, 1.54) is 0 Å². The number of aliphatic hydroxyl groups excluding tert-OH is 1. The van der Waals surface area contributed by atoms with Gasteiger partial charge in [-0.25, -0.2) is 0 Å². The molecule has 0 heterocycles. The molecular formula is C14H16N2O. The summed E-state index contributed by atoms with van der Waals surface area (Å²) in [6, 6.07) is 15.5. The van der Waals surface area contributed by atoms with Crippen LogP contribution in [0.15, 0.2) is 48.5 Å². The predicted octanol–water partition coefficient (Wildman–Crippen LogP) is 2.37. The minimum Gasteiger partial charge on any atom is -0.399 e. The molecule has 17 heavy (non-hydrogen) atoms. The van der Waals surface area contributed by atoms with Crippen molar-refractivity contribution in [1.29, 1.82) is 0 Å². The van der Waals surface area contributed by atoms with Gasteiger partial charge in [-0.05, 0) is 35.4 Å². The van der Waals surface area contributed by atoms with Crippen LogP contribution in [0, 0.1) is 0 Å². The van der Waals surface area contributed by atoms with E-state index in [1.54, 1.807) is 0 Å². The highest BCUT2D eigenvalue weighted by Gasteiger charge is 1.95. The van der Waals surface area contributed by atoms with Crippen LogP contribution >= 0.6 is 0 Å². The Balaban J connectivity index is 1.97. The monoisotopic (exact) mass is 228 g/mol. The van der Waals surface area contributed by atoms with E-state index in [1.807, 2.05) is 48.5 Å². The Labute approximate surface area is 101 Å². The van der Waals surface area contributed by atoms with E-state index < -0.39 is 0 Å². The van der Waals surface area contributed by atoms with E-state index in [2.05, 4.69) is 5.32 Å². The minimum absolute atomic E-state index is 0.0789. The van der Waals surface area contributed by atoms with Gasteiger partial charge in [-0.15, -0.1) is 0 Å². The Kier molecular flexibility index (Phi) is 3.62. The van der Waals surface area contributed by atoms with Crippen molar-refractivity contribution >= 4 is 11.4 Å². The Bertz CT molecular complexity index is 480. The van der Waals surface area contributed by atoms with Crippen molar-refractivity contribution in [3.05, 3.63) is 59.7 Å². The highest BCUT2D eigenvalue weighted by atomic mass is 16.3. The molecule has 0 fully saturated rings. The smallest absolute Gasteiger partial charge is 0.0681 e. The third-order valence-corrected chi connectivity index (χ3v) is 2.58. The van der Waals surface area contributed by atoms with Crippen LogP contribution in [-0.4, -0.2) is 5.11 Å². The van der Waals surface area contributed by atoms with Crippen LogP contribution in [0.3, 0.4) is 0 Å². The molecule has 2 aromatic rings. The summed E-state index contributed by atoms with van der Waals surface area (Å²) in [6.07, 6.45) is 0. The SMILES string of the molecule is Nc1cccc(CNc2ccc(CO)cc2)c1. The summed E-state index contributed by atoms with van der Waals surface area (Å²) < 4.78 is 0. The summed E-state index contributed by atoms with van der Waals surface area (Å²) in [4.78, 5) is 0. The zero-order valence-corrected chi connectivity index (χ0v) is 9.56. The van der Waals surface area contributed by atoms with Gasteiger partial charge >= 0.3 is 0 Å². The van der Waals surface area contributed by atoms with Gasteiger partial charge in [0.2, 0.25) is 0 Å². The third-order valence-electron chi connectivity index (χ3n) is 2.58. The van der Waals surface area contributed by atoms with Crippen molar-refractivity contribution in [3.63, 3.8) is 0 Å². The number of rotatable bonds is 4. The maximum absolute atomic E-state index is 8.93. The molecule has 2 aromatic carbocycles. The van der Waals surface area contributed by atoms with Crippen molar-refractivity contribution in [2.45, 2.75) is 13.2 Å². The van der Waals surface area contributed by atoms with Gasteiger partial charge in [0.15, 0.2) is 0 Å². The maximum atomic E-state index is 8.93. The lowest BCUT2D eigenvalue weighted by Crippen LogP contribution is -2.00. The number of nitrogens with two attached hydrogens (primary N) is 1. The number of hydrogen-bond donors (Lipinski definition) is 3. The molecule has 88 valence electrons. The molecule has 0 aromatic heterocycles. The molecule has 0 amide bonds. The molecule has 2 rings (SSSR count). The zero-order chi connectivity index (χ0) is 12.1. The Morgan fingerprint density at radius 1 is 1.00 bits per heavy atom. The van der Waals surface area contributed by atoms with Gasteiger partial charge in [0.05, 0.1) is 6.61 Å². The summed E-state index contributed by atoms with van der Waals surface area (Å²) in [5, 5.41) is 12.2. The van der Waals surface area contributed by atoms with Crippen molar-refractivity contribution in [2.75, 3.05) is 11.1 Å². The normalized spacial score (nSPS) is 10.2. The van der Waals surface area contributed by atoms with E-state index in [0.717, 1.165) is 29.0 Å². The second-order valence-electron chi connectivity index (χ2n) is 3.95. The van der Waals surface area contributed by atoms with Crippen molar-refractivity contribution in [2.24, 2.45) is 0 Å². The summed E-state index contributed by atoms with van der Waals surface area (Å²) in [5.74, 6) is 0. The van der Waals surface area contributed by atoms with Crippen molar-refractivity contribution < 1.29 is 5.11 Å². The van der Waals surface area contributed by atoms with E-state index in [4.69, 9.17) is 10.8 Å². The molecule has 4 N–H and O–H groups in total. The minimum atomic E-state index is 0.0789. The first-order valence-corrected chi connectivity index (χ1v) is 5.56. The average molecular weight is 228 g/mol. The van der Waals surface area contributed by atoms with Crippen molar-refractivity contribution in [3.8, 4) is 0 Å². The molecular weight excluding hydrogens is 212 g/mol. The molecule has 0 atom stereocenters. The Morgan fingerprint density at radius 2 is 1.76 bits per heavy atom. The number of nitrogen functional groups attached to an aromatic ring is 1. The zero-order valence-electron chi connectivity index (χ0n) is 9.56. The standard InChI is InChI=1S/C14H16N2O/c15-13-3-1-2-12(8-13)9-16-14-6-4-11(10-17)5-7-14/h1-8,16-17H,9-10,15H2.